The second kappa shape index (κ2) is 7.65. The van der Waals surface area contributed by atoms with Gasteiger partial charge in [0.1, 0.15) is 0 Å². The maximum Gasteiger partial charge on any atom is 0.208 e. The lowest BCUT2D eigenvalue weighted by atomic mass is 10.1. The molecule has 8 heteroatoms. The zero-order valence-electron chi connectivity index (χ0n) is 15.1. The molecule has 6 nitrogen and oxygen atoms in total. The molecular weight excluding hydrogens is 388 g/mol. The average molecular weight is 407 g/mol. The first-order chi connectivity index (χ1) is 13.9. The van der Waals surface area contributed by atoms with Crippen molar-refractivity contribution in [2.45, 2.75) is 0 Å². The number of hydrogen-bond acceptors (Lipinski definition) is 8. The number of rotatable bonds is 4. The van der Waals surface area contributed by atoms with Crippen molar-refractivity contribution in [2.24, 2.45) is 0 Å². The van der Waals surface area contributed by atoms with Crippen LogP contribution >= 0.6 is 22.7 Å². The van der Waals surface area contributed by atoms with Crippen molar-refractivity contribution in [3.8, 4) is 21.1 Å². The van der Waals surface area contributed by atoms with Gasteiger partial charge in [-0.25, -0.2) is 0 Å². The maximum atomic E-state index is 4.45. The first-order valence-corrected chi connectivity index (χ1v) is 10.8. The Bertz CT molecular complexity index is 1020. The van der Waals surface area contributed by atoms with Gasteiger partial charge >= 0.3 is 0 Å². The molecule has 0 aliphatic carbocycles. The van der Waals surface area contributed by atoms with Gasteiger partial charge in [-0.3, -0.25) is 0 Å². The van der Waals surface area contributed by atoms with Crippen LogP contribution in [0.2, 0.25) is 0 Å². The summed E-state index contributed by atoms with van der Waals surface area (Å²) >= 11 is 3.36. The molecule has 4 heterocycles. The summed E-state index contributed by atoms with van der Waals surface area (Å²) in [6.07, 6.45) is 0. The number of benzene rings is 1. The molecular formula is C20H18N6S2. The minimum atomic E-state index is 0.896. The van der Waals surface area contributed by atoms with Crippen LogP contribution in [0.15, 0.2) is 60.0 Å². The summed E-state index contributed by atoms with van der Waals surface area (Å²) in [7, 11) is 0. The molecule has 28 heavy (non-hydrogen) atoms. The highest BCUT2D eigenvalue weighted by molar-refractivity contribution is 7.22. The molecule has 4 aromatic rings. The first kappa shape index (κ1) is 17.3. The van der Waals surface area contributed by atoms with Crippen molar-refractivity contribution < 1.29 is 0 Å². The Morgan fingerprint density at radius 2 is 1.54 bits per heavy atom. The predicted octanol–water partition coefficient (Wildman–Crippen LogP) is 4.05. The summed E-state index contributed by atoms with van der Waals surface area (Å²) in [6, 6.07) is 18.4. The van der Waals surface area contributed by atoms with Gasteiger partial charge in [-0.1, -0.05) is 47.7 Å². The zero-order valence-corrected chi connectivity index (χ0v) is 16.7. The Kier molecular flexibility index (Phi) is 4.72. The molecule has 0 bridgehead atoms. The molecule has 0 saturated carbocycles. The van der Waals surface area contributed by atoms with E-state index in [-0.39, 0.29) is 0 Å². The third-order valence-electron chi connectivity index (χ3n) is 4.74. The van der Waals surface area contributed by atoms with E-state index >= 15 is 0 Å². The Labute approximate surface area is 171 Å². The van der Waals surface area contributed by atoms with Gasteiger partial charge in [0.15, 0.2) is 10.8 Å². The van der Waals surface area contributed by atoms with Gasteiger partial charge in [0.2, 0.25) is 5.13 Å². The molecule has 5 rings (SSSR count). The van der Waals surface area contributed by atoms with Crippen LogP contribution in [-0.4, -0.2) is 46.6 Å². The molecule has 1 aromatic carbocycles. The van der Waals surface area contributed by atoms with Crippen molar-refractivity contribution in [2.75, 3.05) is 36.0 Å². The highest BCUT2D eigenvalue weighted by Gasteiger charge is 2.21. The molecule has 0 radical (unpaired) electrons. The van der Waals surface area contributed by atoms with E-state index in [2.05, 4.69) is 59.8 Å². The van der Waals surface area contributed by atoms with Crippen LogP contribution in [0.25, 0.3) is 21.1 Å². The Morgan fingerprint density at radius 1 is 0.714 bits per heavy atom. The molecule has 0 atom stereocenters. The molecule has 0 spiro atoms. The van der Waals surface area contributed by atoms with Gasteiger partial charge in [-0.2, -0.15) is 0 Å². The number of hydrogen-bond donors (Lipinski definition) is 0. The Morgan fingerprint density at radius 3 is 2.25 bits per heavy atom. The smallest absolute Gasteiger partial charge is 0.208 e. The zero-order chi connectivity index (χ0) is 18.8. The van der Waals surface area contributed by atoms with Crippen LogP contribution in [0.1, 0.15) is 0 Å². The quantitative estimate of drug-likeness (QED) is 0.510. The second-order valence-electron chi connectivity index (χ2n) is 6.48. The van der Waals surface area contributed by atoms with E-state index in [1.54, 1.807) is 22.7 Å². The van der Waals surface area contributed by atoms with Crippen molar-refractivity contribution in [3.05, 3.63) is 60.0 Å². The van der Waals surface area contributed by atoms with Crippen LogP contribution < -0.4 is 9.80 Å². The summed E-state index contributed by atoms with van der Waals surface area (Å²) in [5.41, 5.74) is 1.99. The van der Waals surface area contributed by atoms with Crippen LogP contribution in [0.3, 0.4) is 0 Å². The highest BCUT2D eigenvalue weighted by atomic mass is 32.1. The van der Waals surface area contributed by atoms with Gasteiger partial charge in [-0.05, 0) is 23.6 Å². The monoisotopic (exact) mass is 406 g/mol. The Balaban J connectivity index is 1.24. The fraction of sp³-hybridized carbons (Fsp3) is 0.200. The third-order valence-corrected chi connectivity index (χ3v) is 6.76. The van der Waals surface area contributed by atoms with Crippen molar-refractivity contribution >= 4 is 33.6 Å². The van der Waals surface area contributed by atoms with Crippen LogP contribution in [0, 0.1) is 0 Å². The molecule has 0 amide bonds. The summed E-state index contributed by atoms with van der Waals surface area (Å²) in [4.78, 5) is 5.76. The Hall–Kier alpha value is -2.84. The minimum absolute atomic E-state index is 0.896. The van der Waals surface area contributed by atoms with Gasteiger partial charge in [0.05, 0.1) is 10.6 Å². The van der Waals surface area contributed by atoms with E-state index in [0.717, 1.165) is 53.4 Å². The molecule has 1 aliphatic heterocycles. The highest BCUT2D eigenvalue weighted by Crippen LogP contribution is 2.32. The number of aromatic nitrogens is 4. The molecule has 0 N–H and O–H groups in total. The molecule has 1 fully saturated rings. The lowest BCUT2D eigenvalue weighted by Gasteiger charge is -2.34. The lowest BCUT2D eigenvalue weighted by molar-refractivity contribution is 0.640. The van der Waals surface area contributed by atoms with Crippen LogP contribution in [0.4, 0.5) is 10.9 Å². The van der Waals surface area contributed by atoms with E-state index in [9.17, 15) is 0 Å². The summed E-state index contributed by atoms with van der Waals surface area (Å²) < 4.78 is 0. The largest absolute Gasteiger partial charge is 0.352 e. The number of thiophene rings is 1. The van der Waals surface area contributed by atoms with Crippen LogP contribution in [-0.2, 0) is 0 Å². The molecule has 1 saturated heterocycles. The maximum absolute atomic E-state index is 4.45. The van der Waals surface area contributed by atoms with E-state index in [4.69, 9.17) is 0 Å². The van der Waals surface area contributed by atoms with E-state index in [1.807, 2.05) is 30.3 Å². The van der Waals surface area contributed by atoms with E-state index < -0.39 is 0 Å². The SMILES string of the molecule is c1ccc(-c2ccc(N3CCN(c4nnc(-c5cccs5)s4)CC3)nn2)cc1. The van der Waals surface area contributed by atoms with E-state index in [1.165, 1.54) is 4.88 Å². The molecule has 3 aromatic heterocycles. The number of anilines is 2. The fourth-order valence-corrected chi connectivity index (χ4v) is 4.92. The first-order valence-electron chi connectivity index (χ1n) is 9.13. The van der Waals surface area contributed by atoms with Gasteiger partial charge in [-0.15, -0.1) is 31.7 Å². The standard InChI is InChI=1S/C20H18N6S2/c1-2-5-15(6-3-1)16-8-9-18(22-21-16)25-10-12-26(13-11-25)20-24-23-19(28-20)17-7-4-14-27-17/h1-9,14H,10-13H2. The van der Waals surface area contributed by atoms with Gasteiger partial charge < -0.3 is 9.80 Å². The number of piperazine rings is 1. The summed E-state index contributed by atoms with van der Waals surface area (Å²) in [5.74, 6) is 0.927. The van der Waals surface area contributed by atoms with Crippen molar-refractivity contribution in [1.82, 2.24) is 20.4 Å². The molecule has 140 valence electrons. The van der Waals surface area contributed by atoms with Crippen molar-refractivity contribution in [3.63, 3.8) is 0 Å². The third kappa shape index (κ3) is 3.48. The lowest BCUT2D eigenvalue weighted by Crippen LogP contribution is -2.46. The summed E-state index contributed by atoms with van der Waals surface area (Å²) in [6.45, 7) is 3.60. The normalized spacial score (nSPS) is 14.4. The minimum Gasteiger partial charge on any atom is -0.352 e. The van der Waals surface area contributed by atoms with Crippen LogP contribution in [0.5, 0.6) is 0 Å². The fourth-order valence-electron chi connectivity index (χ4n) is 3.23. The summed E-state index contributed by atoms with van der Waals surface area (Å²) in [5, 5.41) is 21.7. The second-order valence-corrected chi connectivity index (χ2v) is 8.39. The molecule has 0 unspecified atom stereocenters. The van der Waals surface area contributed by atoms with Gasteiger partial charge in [0.25, 0.3) is 0 Å². The predicted molar refractivity (Wildman–Crippen MR) is 115 cm³/mol. The number of nitrogens with zero attached hydrogens (tertiary/aromatic N) is 6. The van der Waals surface area contributed by atoms with Crippen molar-refractivity contribution in [1.29, 1.82) is 0 Å². The van der Waals surface area contributed by atoms with E-state index in [0.29, 0.717) is 0 Å². The molecule has 1 aliphatic rings. The average Bonchev–Trinajstić information content (AvgIpc) is 3.47. The topological polar surface area (TPSA) is 58.0 Å². The van der Waals surface area contributed by atoms with Gasteiger partial charge in [0, 0.05) is 31.7 Å².